The maximum atomic E-state index is 12.2. The molecule has 0 saturated heterocycles. The number of carbonyl (C=O) groups is 1. The van der Waals surface area contributed by atoms with Crippen LogP contribution in [0, 0.1) is 0 Å². The van der Waals surface area contributed by atoms with Crippen LogP contribution in [0.25, 0.3) is 0 Å². The van der Waals surface area contributed by atoms with Gasteiger partial charge in [-0.25, -0.2) is 0 Å². The Bertz CT molecular complexity index is 719. The highest BCUT2D eigenvalue weighted by atomic mass is 32.2. The van der Waals surface area contributed by atoms with Crippen molar-refractivity contribution in [2.75, 3.05) is 30.3 Å². The van der Waals surface area contributed by atoms with E-state index in [0.29, 0.717) is 17.2 Å². The molecule has 0 spiro atoms. The minimum atomic E-state index is -0.219. The van der Waals surface area contributed by atoms with Crippen molar-refractivity contribution in [2.24, 2.45) is 0 Å². The number of amides is 1. The molecular weight excluding hydrogens is 376 g/mol. The number of hydrazine groups is 1. The summed E-state index contributed by atoms with van der Waals surface area (Å²) in [6, 6.07) is 17.7. The first-order valence-electron chi connectivity index (χ1n) is 9.01. The van der Waals surface area contributed by atoms with Crippen LogP contribution in [0.2, 0.25) is 0 Å². The Morgan fingerprint density at radius 2 is 1.67 bits per heavy atom. The quantitative estimate of drug-likeness (QED) is 0.272. The number of nitrogens with zero attached hydrogens (tertiary/aromatic N) is 1. The average Bonchev–Trinajstić information content (AvgIpc) is 2.71. The summed E-state index contributed by atoms with van der Waals surface area (Å²) in [5.74, 6) is 0.663. The van der Waals surface area contributed by atoms with Crippen LogP contribution in [0.4, 0.5) is 5.69 Å². The maximum Gasteiger partial charge on any atom is 0.269 e. The summed E-state index contributed by atoms with van der Waals surface area (Å²) >= 11 is 6.94. The van der Waals surface area contributed by atoms with Crippen LogP contribution < -0.4 is 21.1 Å². The monoisotopic (exact) mass is 402 g/mol. The Morgan fingerprint density at radius 3 is 2.30 bits per heavy atom. The van der Waals surface area contributed by atoms with Crippen molar-refractivity contribution >= 4 is 40.7 Å². The molecule has 0 aliphatic rings. The molecule has 0 unspecified atom stereocenters. The summed E-state index contributed by atoms with van der Waals surface area (Å²) < 4.78 is 0. The molecule has 2 rings (SSSR count). The topological polar surface area (TPSA) is 56.4 Å². The first-order valence-corrected chi connectivity index (χ1v) is 10.4. The molecule has 1 amide bonds. The first-order chi connectivity index (χ1) is 13.1. The van der Waals surface area contributed by atoms with Gasteiger partial charge in [-0.15, -0.1) is 11.8 Å². The molecule has 0 aromatic heterocycles. The molecule has 0 atom stereocenters. The van der Waals surface area contributed by atoms with Gasteiger partial charge in [0, 0.05) is 41.5 Å². The summed E-state index contributed by atoms with van der Waals surface area (Å²) in [5.41, 5.74) is 7.05. The van der Waals surface area contributed by atoms with Crippen LogP contribution in [-0.2, 0) is 0 Å². The zero-order chi connectivity index (χ0) is 19.5. The lowest BCUT2D eigenvalue weighted by Gasteiger charge is -2.21. The highest BCUT2D eigenvalue weighted by Gasteiger charge is 2.07. The van der Waals surface area contributed by atoms with E-state index in [2.05, 4.69) is 47.0 Å². The Labute approximate surface area is 170 Å². The highest BCUT2D eigenvalue weighted by Crippen LogP contribution is 2.16. The van der Waals surface area contributed by atoms with Gasteiger partial charge in [-0.2, -0.15) is 0 Å². The molecule has 0 saturated carbocycles. The third-order valence-electron chi connectivity index (χ3n) is 3.95. The molecule has 5 nitrogen and oxygen atoms in total. The van der Waals surface area contributed by atoms with Crippen LogP contribution in [0.3, 0.4) is 0 Å². The molecule has 0 aliphatic carbocycles. The van der Waals surface area contributed by atoms with E-state index in [4.69, 9.17) is 12.2 Å². The van der Waals surface area contributed by atoms with Crippen molar-refractivity contribution in [1.82, 2.24) is 16.2 Å². The Balaban J connectivity index is 1.69. The number of anilines is 1. The number of carbonyl (C=O) groups excluding carboxylic acids is 1. The van der Waals surface area contributed by atoms with Gasteiger partial charge in [-0.1, -0.05) is 18.2 Å². The molecule has 2 aromatic carbocycles. The van der Waals surface area contributed by atoms with Crippen molar-refractivity contribution in [1.29, 1.82) is 0 Å². The van der Waals surface area contributed by atoms with Gasteiger partial charge in [-0.3, -0.25) is 15.6 Å². The summed E-state index contributed by atoms with van der Waals surface area (Å²) in [4.78, 5) is 15.7. The van der Waals surface area contributed by atoms with E-state index in [9.17, 15) is 4.79 Å². The predicted octanol–water partition coefficient (Wildman–Crippen LogP) is 3.43. The molecule has 7 heteroatoms. The fraction of sp³-hybridized carbons (Fsp3) is 0.300. The third kappa shape index (κ3) is 7.11. The van der Waals surface area contributed by atoms with Gasteiger partial charge in [0.05, 0.1) is 0 Å². The van der Waals surface area contributed by atoms with Crippen molar-refractivity contribution < 1.29 is 4.79 Å². The second-order valence-electron chi connectivity index (χ2n) is 5.72. The molecular formula is C20H26N4OS2. The lowest BCUT2D eigenvalue weighted by Crippen LogP contribution is -2.47. The van der Waals surface area contributed by atoms with Gasteiger partial charge in [0.25, 0.3) is 5.91 Å². The lowest BCUT2D eigenvalue weighted by atomic mass is 10.2. The molecule has 0 bridgehead atoms. The van der Waals surface area contributed by atoms with Crippen molar-refractivity contribution in [3.8, 4) is 0 Å². The van der Waals surface area contributed by atoms with Gasteiger partial charge in [0.15, 0.2) is 5.11 Å². The van der Waals surface area contributed by atoms with Crippen molar-refractivity contribution in [2.45, 2.75) is 18.7 Å². The number of nitrogens with one attached hydrogen (secondary N) is 3. The van der Waals surface area contributed by atoms with Gasteiger partial charge < -0.3 is 10.2 Å². The van der Waals surface area contributed by atoms with E-state index >= 15 is 0 Å². The van der Waals surface area contributed by atoms with E-state index in [0.717, 1.165) is 24.5 Å². The van der Waals surface area contributed by atoms with Crippen LogP contribution in [0.1, 0.15) is 24.2 Å². The van der Waals surface area contributed by atoms with E-state index in [1.54, 1.807) is 11.8 Å². The highest BCUT2D eigenvalue weighted by molar-refractivity contribution is 7.99. The average molecular weight is 403 g/mol. The lowest BCUT2D eigenvalue weighted by molar-refractivity contribution is 0.0943. The number of thiocarbonyl (C=S) groups is 1. The van der Waals surface area contributed by atoms with Crippen molar-refractivity contribution in [3.05, 3.63) is 60.2 Å². The van der Waals surface area contributed by atoms with Crippen molar-refractivity contribution in [3.63, 3.8) is 0 Å². The Hall–Kier alpha value is -2.25. The SMILES string of the molecule is CCN(CC)c1ccc(C(=O)NNC(=S)NCCSc2ccccc2)cc1. The molecule has 144 valence electrons. The third-order valence-corrected chi connectivity index (χ3v) is 5.21. The van der Waals surface area contributed by atoms with E-state index in [-0.39, 0.29) is 5.91 Å². The van der Waals surface area contributed by atoms with Crippen LogP contribution in [0.15, 0.2) is 59.5 Å². The molecule has 0 heterocycles. The van der Waals surface area contributed by atoms with Gasteiger partial charge in [-0.05, 0) is 62.5 Å². The largest absolute Gasteiger partial charge is 0.372 e. The van der Waals surface area contributed by atoms with E-state index in [1.807, 2.05) is 42.5 Å². The number of hydrogen-bond acceptors (Lipinski definition) is 4. The minimum absolute atomic E-state index is 0.219. The summed E-state index contributed by atoms with van der Waals surface area (Å²) in [6.07, 6.45) is 0. The number of hydrogen-bond donors (Lipinski definition) is 3. The van der Waals surface area contributed by atoms with Crippen LogP contribution in [-0.4, -0.2) is 36.4 Å². The number of benzene rings is 2. The molecule has 2 aromatic rings. The Kier molecular flexibility index (Phi) is 8.94. The summed E-state index contributed by atoms with van der Waals surface area (Å²) in [5, 5.41) is 3.48. The van der Waals surface area contributed by atoms with E-state index < -0.39 is 0 Å². The number of thioether (sulfide) groups is 1. The first kappa shape index (κ1) is 21.1. The van der Waals surface area contributed by atoms with Gasteiger partial charge in [0.2, 0.25) is 0 Å². The van der Waals surface area contributed by atoms with Gasteiger partial charge >= 0.3 is 0 Å². The fourth-order valence-corrected chi connectivity index (χ4v) is 3.43. The molecule has 0 radical (unpaired) electrons. The zero-order valence-corrected chi connectivity index (χ0v) is 17.3. The zero-order valence-electron chi connectivity index (χ0n) is 15.7. The van der Waals surface area contributed by atoms with Crippen LogP contribution in [0.5, 0.6) is 0 Å². The summed E-state index contributed by atoms with van der Waals surface area (Å²) in [7, 11) is 0. The van der Waals surface area contributed by atoms with E-state index in [1.165, 1.54) is 4.90 Å². The Morgan fingerprint density at radius 1 is 1.00 bits per heavy atom. The molecule has 0 fully saturated rings. The second kappa shape index (κ2) is 11.5. The number of rotatable bonds is 8. The maximum absolute atomic E-state index is 12.2. The summed E-state index contributed by atoms with van der Waals surface area (Å²) in [6.45, 7) is 6.80. The standard InChI is InChI=1S/C20H26N4OS2/c1-3-24(4-2)17-12-10-16(11-13-17)19(25)22-23-20(26)21-14-15-27-18-8-6-5-7-9-18/h5-13H,3-4,14-15H2,1-2H3,(H,22,25)(H2,21,23,26). The molecule has 27 heavy (non-hydrogen) atoms. The fourth-order valence-electron chi connectivity index (χ4n) is 2.49. The minimum Gasteiger partial charge on any atom is -0.372 e. The van der Waals surface area contributed by atoms with Crippen LogP contribution >= 0.6 is 24.0 Å². The molecule has 3 N–H and O–H groups in total. The normalized spacial score (nSPS) is 10.1. The smallest absolute Gasteiger partial charge is 0.269 e. The second-order valence-corrected chi connectivity index (χ2v) is 7.29. The van der Waals surface area contributed by atoms with Gasteiger partial charge in [0.1, 0.15) is 0 Å². The predicted molar refractivity (Wildman–Crippen MR) is 118 cm³/mol. The molecule has 0 aliphatic heterocycles.